The summed E-state index contributed by atoms with van der Waals surface area (Å²) in [5.41, 5.74) is 0. The molecule has 0 amide bonds. The van der Waals surface area contributed by atoms with Crippen molar-refractivity contribution in [2.75, 3.05) is 13.7 Å². The number of carbonyl (C=O) groups is 1. The van der Waals surface area contributed by atoms with Crippen molar-refractivity contribution in [2.45, 2.75) is 10.3 Å². The minimum Gasteiger partial charge on any atom is -0.468 e. The zero-order valence-corrected chi connectivity index (χ0v) is 12.8. The molecule has 5 nitrogen and oxygen atoms in total. The largest absolute Gasteiger partial charge is 0.468 e. The molecule has 106 valence electrons. The number of nitrogens with one attached hydrogen (secondary N) is 1. The predicted octanol–water partition coefficient (Wildman–Crippen LogP) is 2.05. The molecule has 9 heteroatoms. The van der Waals surface area contributed by atoms with Gasteiger partial charge in [-0.25, -0.2) is 13.1 Å². The van der Waals surface area contributed by atoms with Crippen LogP contribution in [0.1, 0.15) is 0 Å². The van der Waals surface area contributed by atoms with E-state index < -0.39 is 21.4 Å². The van der Waals surface area contributed by atoms with Crippen molar-refractivity contribution in [3.05, 3.63) is 28.2 Å². The van der Waals surface area contributed by atoms with Gasteiger partial charge in [0.15, 0.2) is 0 Å². The summed E-state index contributed by atoms with van der Waals surface area (Å²) in [6, 6.07) is 3.85. The lowest BCUT2D eigenvalue weighted by atomic mass is 10.4. The molecule has 0 radical (unpaired) electrons. The van der Waals surface area contributed by atoms with Gasteiger partial charge in [0.1, 0.15) is 5.38 Å². The third kappa shape index (κ3) is 4.50. The van der Waals surface area contributed by atoms with Crippen LogP contribution >= 0.6 is 34.8 Å². The Labute approximate surface area is 125 Å². The van der Waals surface area contributed by atoms with Gasteiger partial charge in [-0.3, -0.25) is 4.79 Å². The van der Waals surface area contributed by atoms with E-state index in [1.165, 1.54) is 18.2 Å². The number of methoxy groups -OCH3 is 1. The lowest BCUT2D eigenvalue weighted by Gasteiger charge is -2.10. The zero-order valence-electron chi connectivity index (χ0n) is 9.69. The summed E-state index contributed by atoms with van der Waals surface area (Å²) in [5, 5.41) is -0.757. The second kappa shape index (κ2) is 6.76. The fourth-order valence-electron chi connectivity index (χ4n) is 1.12. The number of benzene rings is 1. The highest BCUT2D eigenvalue weighted by Crippen LogP contribution is 2.24. The lowest BCUT2D eigenvalue weighted by molar-refractivity contribution is -0.140. The highest BCUT2D eigenvalue weighted by molar-refractivity contribution is 7.89. The minimum atomic E-state index is -3.82. The molecule has 0 saturated carbocycles. The first-order valence-electron chi connectivity index (χ1n) is 4.94. The van der Waals surface area contributed by atoms with Gasteiger partial charge in [0.2, 0.25) is 10.0 Å². The van der Waals surface area contributed by atoms with Gasteiger partial charge in [0.05, 0.1) is 22.1 Å². The second-order valence-corrected chi connectivity index (χ2v) is 6.53. The SMILES string of the molecule is COC(=O)C(Cl)CNS(=O)(=O)c1ccc(Cl)c(Cl)c1. The number of sulfonamides is 1. The molecule has 19 heavy (non-hydrogen) atoms. The van der Waals surface area contributed by atoms with Gasteiger partial charge >= 0.3 is 5.97 Å². The Morgan fingerprint density at radius 1 is 1.37 bits per heavy atom. The maximum absolute atomic E-state index is 11.9. The van der Waals surface area contributed by atoms with Gasteiger partial charge in [0.25, 0.3) is 0 Å². The molecular weight excluding hydrogens is 337 g/mol. The Balaban J connectivity index is 2.81. The second-order valence-electron chi connectivity index (χ2n) is 3.42. The van der Waals surface area contributed by atoms with Gasteiger partial charge < -0.3 is 4.74 Å². The average Bonchev–Trinajstić information content (AvgIpc) is 2.38. The van der Waals surface area contributed by atoms with Crippen LogP contribution in [0.4, 0.5) is 0 Å². The first kappa shape index (κ1) is 16.5. The van der Waals surface area contributed by atoms with Crippen LogP contribution in [0.5, 0.6) is 0 Å². The molecule has 0 heterocycles. The van der Waals surface area contributed by atoms with E-state index in [1.54, 1.807) is 0 Å². The van der Waals surface area contributed by atoms with Gasteiger partial charge in [0, 0.05) is 6.54 Å². The highest BCUT2D eigenvalue weighted by atomic mass is 35.5. The Morgan fingerprint density at radius 2 is 2.00 bits per heavy atom. The van der Waals surface area contributed by atoms with Crippen LogP contribution < -0.4 is 4.72 Å². The van der Waals surface area contributed by atoms with Crippen molar-refractivity contribution in [1.82, 2.24) is 4.72 Å². The van der Waals surface area contributed by atoms with Gasteiger partial charge in [-0.2, -0.15) is 0 Å². The van der Waals surface area contributed by atoms with Crippen molar-refractivity contribution in [2.24, 2.45) is 0 Å². The molecule has 0 aliphatic rings. The van der Waals surface area contributed by atoms with Crippen molar-refractivity contribution in [1.29, 1.82) is 0 Å². The molecule has 0 spiro atoms. The molecule has 1 atom stereocenters. The predicted molar refractivity (Wildman–Crippen MR) is 73.3 cm³/mol. The van der Waals surface area contributed by atoms with Crippen LogP contribution in [-0.4, -0.2) is 33.4 Å². The number of alkyl halides is 1. The van der Waals surface area contributed by atoms with E-state index in [0.717, 1.165) is 7.11 Å². The normalized spacial score (nSPS) is 13.1. The molecule has 1 aromatic rings. The van der Waals surface area contributed by atoms with E-state index in [0.29, 0.717) is 0 Å². The van der Waals surface area contributed by atoms with E-state index >= 15 is 0 Å². The summed E-state index contributed by atoms with van der Waals surface area (Å²) in [7, 11) is -2.66. The molecular formula is C10H10Cl3NO4S. The smallest absolute Gasteiger partial charge is 0.325 e. The van der Waals surface area contributed by atoms with Crippen LogP contribution in [0.2, 0.25) is 10.0 Å². The number of esters is 1. The molecule has 0 aromatic heterocycles. The molecule has 1 unspecified atom stereocenters. The number of hydrogen-bond acceptors (Lipinski definition) is 4. The Bertz CT molecular complexity index is 576. The fourth-order valence-corrected chi connectivity index (χ4v) is 2.81. The third-order valence-corrected chi connectivity index (χ3v) is 4.60. The third-order valence-electron chi connectivity index (χ3n) is 2.11. The Morgan fingerprint density at radius 3 is 2.53 bits per heavy atom. The number of rotatable bonds is 5. The maximum Gasteiger partial charge on any atom is 0.325 e. The fraction of sp³-hybridized carbons (Fsp3) is 0.300. The molecule has 0 bridgehead atoms. The summed E-state index contributed by atoms with van der Waals surface area (Å²) in [5.74, 6) is -0.724. The first-order chi connectivity index (χ1) is 8.77. The topological polar surface area (TPSA) is 72.5 Å². The standard InChI is InChI=1S/C10H10Cl3NO4S/c1-18-10(15)9(13)5-14-19(16,17)6-2-3-7(11)8(12)4-6/h2-4,9,14H,5H2,1H3. The number of halogens is 3. The lowest BCUT2D eigenvalue weighted by Crippen LogP contribution is -2.34. The summed E-state index contributed by atoms with van der Waals surface area (Å²) in [4.78, 5) is 11.0. The average molecular weight is 347 g/mol. The van der Waals surface area contributed by atoms with Crippen LogP contribution in [-0.2, 0) is 19.6 Å². The summed E-state index contributed by atoms with van der Waals surface area (Å²) >= 11 is 17.1. The summed E-state index contributed by atoms with van der Waals surface area (Å²) in [6.07, 6.45) is 0. The maximum atomic E-state index is 11.9. The van der Waals surface area contributed by atoms with Gasteiger partial charge in [-0.1, -0.05) is 23.2 Å². The van der Waals surface area contributed by atoms with Crippen LogP contribution in [0.15, 0.2) is 23.1 Å². The highest BCUT2D eigenvalue weighted by Gasteiger charge is 2.21. The van der Waals surface area contributed by atoms with Crippen molar-refractivity contribution >= 4 is 50.8 Å². The van der Waals surface area contributed by atoms with Crippen molar-refractivity contribution in [3.8, 4) is 0 Å². The van der Waals surface area contributed by atoms with Gasteiger partial charge in [-0.15, -0.1) is 11.6 Å². The quantitative estimate of drug-likeness (QED) is 0.654. The Kier molecular flexibility index (Phi) is 5.88. The van der Waals surface area contributed by atoms with Crippen LogP contribution in [0.25, 0.3) is 0 Å². The van der Waals surface area contributed by atoms with E-state index in [1.807, 2.05) is 0 Å². The van der Waals surface area contributed by atoms with E-state index in [-0.39, 0.29) is 21.5 Å². The van der Waals surface area contributed by atoms with Crippen molar-refractivity contribution < 1.29 is 17.9 Å². The Hall–Kier alpha value is -0.530. The number of carbonyl (C=O) groups excluding carboxylic acids is 1. The molecule has 0 aliphatic carbocycles. The zero-order chi connectivity index (χ0) is 14.6. The molecule has 0 fully saturated rings. The molecule has 0 saturated heterocycles. The van der Waals surface area contributed by atoms with E-state index in [2.05, 4.69) is 9.46 Å². The van der Waals surface area contributed by atoms with E-state index in [9.17, 15) is 13.2 Å². The molecule has 1 rings (SSSR count). The number of hydrogen-bond donors (Lipinski definition) is 1. The first-order valence-corrected chi connectivity index (χ1v) is 7.62. The van der Waals surface area contributed by atoms with Crippen molar-refractivity contribution in [3.63, 3.8) is 0 Å². The van der Waals surface area contributed by atoms with Crippen LogP contribution in [0, 0.1) is 0 Å². The van der Waals surface area contributed by atoms with Crippen LogP contribution in [0.3, 0.4) is 0 Å². The van der Waals surface area contributed by atoms with E-state index in [4.69, 9.17) is 34.8 Å². The molecule has 1 N–H and O–H groups in total. The summed E-state index contributed by atoms with van der Waals surface area (Å²) < 4.78 is 30.3. The minimum absolute atomic E-state index is 0.0735. The summed E-state index contributed by atoms with van der Waals surface area (Å²) in [6.45, 7) is -0.295. The molecule has 1 aromatic carbocycles. The monoisotopic (exact) mass is 345 g/mol. The number of ether oxygens (including phenoxy) is 1. The van der Waals surface area contributed by atoms with Gasteiger partial charge in [-0.05, 0) is 18.2 Å². The molecule has 0 aliphatic heterocycles.